The van der Waals surface area contributed by atoms with Crippen molar-refractivity contribution in [2.75, 3.05) is 52.5 Å². The lowest BCUT2D eigenvalue weighted by molar-refractivity contribution is -0.257. The van der Waals surface area contributed by atoms with Crippen LogP contribution in [0.3, 0.4) is 0 Å². The van der Waals surface area contributed by atoms with E-state index in [0.717, 1.165) is 49.3 Å². The highest BCUT2D eigenvalue weighted by Crippen LogP contribution is 2.54. The first kappa shape index (κ1) is 43.1. The number of nitrogens with zero attached hydrogens (tertiary/aromatic N) is 4. The zero-order valence-corrected chi connectivity index (χ0v) is 33.1. The van der Waals surface area contributed by atoms with Crippen molar-refractivity contribution >= 4 is 21.9 Å². The fraction of sp³-hybridized carbons (Fsp3) is 0.585. The van der Waals surface area contributed by atoms with Crippen LogP contribution in [-0.2, 0) is 0 Å². The predicted molar refractivity (Wildman–Crippen MR) is 203 cm³/mol. The number of carboxylic acid groups (broad SMARTS) is 1. The molecule has 0 atom stereocenters. The maximum absolute atomic E-state index is 14.2. The van der Waals surface area contributed by atoms with E-state index in [-0.39, 0.29) is 55.8 Å². The molecule has 2 aliphatic carbocycles. The first-order valence-electron chi connectivity index (χ1n) is 19.5. The minimum atomic E-state index is -4.13. The Kier molecular flexibility index (Phi) is 13.7. The number of halogens is 8. The van der Waals surface area contributed by atoms with E-state index in [2.05, 4.69) is 25.9 Å². The highest BCUT2D eigenvalue weighted by atomic mass is 79.9. The Morgan fingerprint density at radius 1 is 0.737 bits per heavy atom. The topological polar surface area (TPSA) is 88.0 Å². The molecule has 3 aromatic rings. The molecule has 4 fully saturated rings. The number of rotatable bonds is 12. The van der Waals surface area contributed by atoms with Crippen molar-refractivity contribution in [1.82, 2.24) is 19.8 Å². The number of alkyl halides is 6. The SMILES string of the molecule is FC(F)(F)C1(CN2CCC(COc3ccc(Br)cn3)CC2)CCC1.O=C(O)c1ccc(-c2ccc(OCC3CCN(CC4(C(F)(F)F)CCC4)CC3)nc2)c(F)c1. The lowest BCUT2D eigenvalue weighted by Gasteiger charge is -2.47. The maximum atomic E-state index is 14.2. The smallest absolute Gasteiger partial charge is 0.395 e. The van der Waals surface area contributed by atoms with Crippen molar-refractivity contribution in [2.45, 2.75) is 76.6 Å². The third-order valence-corrected chi connectivity index (χ3v) is 12.7. The average Bonchev–Trinajstić information content (AvgIpc) is 3.14. The summed E-state index contributed by atoms with van der Waals surface area (Å²) in [6.07, 6.45) is 0.629. The number of hydrogen-bond acceptors (Lipinski definition) is 7. The van der Waals surface area contributed by atoms with E-state index in [9.17, 15) is 35.5 Å². The van der Waals surface area contributed by atoms with Crippen LogP contribution in [0, 0.1) is 28.5 Å². The van der Waals surface area contributed by atoms with E-state index >= 15 is 0 Å². The van der Waals surface area contributed by atoms with Gasteiger partial charge < -0.3 is 24.4 Å². The van der Waals surface area contributed by atoms with Gasteiger partial charge in [-0.3, -0.25) is 0 Å². The molecule has 312 valence electrons. The molecule has 0 spiro atoms. The van der Waals surface area contributed by atoms with E-state index in [1.54, 1.807) is 18.3 Å². The van der Waals surface area contributed by atoms with Crippen LogP contribution in [-0.4, -0.2) is 95.7 Å². The third kappa shape index (κ3) is 10.8. The van der Waals surface area contributed by atoms with Crippen molar-refractivity contribution in [1.29, 1.82) is 0 Å². The summed E-state index contributed by atoms with van der Waals surface area (Å²) in [4.78, 5) is 23.2. The molecule has 7 rings (SSSR count). The molecule has 4 aliphatic rings. The largest absolute Gasteiger partial charge is 0.478 e. The van der Waals surface area contributed by atoms with Crippen LogP contribution in [0.25, 0.3) is 11.1 Å². The van der Waals surface area contributed by atoms with Gasteiger partial charge in [0.1, 0.15) is 5.82 Å². The molecule has 16 heteroatoms. The molecule has 0 unspecified atom stereocenters. The van der Waals surface area contributed by atoms with Gasteiger partial charge in [0.25, 0.3) is 0 Å². The Morgan fingerprint density at radius 2 is 1.21 bits per heavy atom. The summed E-state index contributed by atoms with van der Waals surface area (Å²) in [5, 5.41) is 8.94. The number of piperidine rings is 2. The Bertz CT molecular complexity index is 1770. The van der Waals surface area contributed by atoms with Crippen LogP contribution in [0.15, 0.2) is 59.3 Å². The number of ether oxygens (including phenoxy) is 2. The van der Waals surface area contributed by atoms with Crippen LogP contribution in [0.4, 0.5) is 30.7 Å². The molecular weight excluding hydrogens is 825 g/mol. The third-order valence-electron chi connectivity index (χ3n) is 12.2. The number of hydrogen-bond donors (Lipinski definition) is 1. The summed E-state index contributed by atoms with van der Waals surface area (Å²) in [5.41, 5.74) is -2.35. The highest BCUT2D eigenvalue weighted by Gasteiger charge is 2.59. The number of carbonyl (C=O) groups is 1. The number of aromatic nitrogens is 2. The van der Waals surface area contributed by atoms with E-state index in [4.69, 9.17) is 14.6 Å². The maximum Gasteiger partial charge on any atom is 0.395 e. The zero-order chi connectivity index (χ0) is 40.8. The molecule has 0 amide bonds. The van der Waals surface area contributed by atoms with Crippen LogP contribution < -0.4 is 9.47 Å². The second-order valence-corrected chi connectivity index (χ2v) is 16.9. The number of pyridine rings is 2. The lowest BCUT2D eigenvalue weighted by Crippen LogP contribution is -2.53. The van der Waals surface area contributed by atoms with Gasteiger partial charge in [-0.25, -0.2) is 19.2 Å². The van der Waals surface area contributed by atoms with Gasteiger partial charge in [0.05, 0.1) is 29.6 Å². The monoisotopic (exact) mass is 872 g/mol. The standard InChI is InChI=1S/C24H26F4N2O3.C17H22BrF3N2O/c25-20-12-17(22(31)32)2-4-19(20)18-3-5-21(29-13-18)33-14-16-6-10-30(11-7-16)15-23(8-1-9-23)24(26,27)28;18-14-2-3-15(22-10-14)24-11-13-4-8-23(9-5-13)12-16(6-1-7-16)17(19,20)21/h2-5,12-13,16H,1,6-11,14-15H2,(H,31,32);2-3,10,13H,1,4-9,11-12H2. The average molecular weight is 874 g/mol. The first-order valence-corrected chi connectivity index (χ1v) is 20.3. The highest BCUT2D eigenvalue weighted by molar-refractivity contribution is 9.10. The Hall–Kier alpha value is -3.50. The van der Waals surface area contributed by atoms with Crippen molar-refractivity contribution in [3.63, 3.8) is 0 Å². The van der Waals surface area contributed by atoms with Crippen molar-refractivity contribution in [3.05, 3.63) is 70.7 Å². The molecule has 1 N–H and O–H groups in total. The van der Waals surface area contributed by atoms with Gasteiger partial charge in [-0.05, 0) is 130 Å². The van der Waals surface area contributed by atoms with Crippen LogP contribution in [0.1, 0.15) is 74.6 Å². The normalized spacial score (nSPS) is 20.4. The summed E-state index contributed by atoms with van der Waals surface area (Å²) < 4.78 is 107. The lowest BCUT2D eigenvalue weighted by atomic mass is 9.67. The van der Waals surface area contributed by atoms with E-state index in [0.29, 0.717) is 62.4 Å². The molecule has 2 saturated heterocycles. The van der Waals surface area contributed by atoms with Crippen LogP contribution in [0.5, 0.6) is 11.8 Å². The minimum absolute atomic E-state index is 0.0943. The summed E-state index contributed by atoms with van der Waals surface area (Å²) in [6.45, 7) is 3.96. The first-order chi connectivity index (χ1) is 27.0. The van der Waals surface area contributed by atoms with Gasteiger partial charge >= 0.3 is 18.3 Å². The summed E-state index contributed by atoms with van der Waals surface area (Å²) in [6, 6.07) is 10.7. The quantitative estimate of drug-likeness (QED) is 0.180. The molecule has 0 radical (unpaired) electrons. The van der Waals surface area contributed by atoms with E-state index < -0.39 is 35.0 Å². The second-order valence-electron chi connectivity index (χ2n) is 16.0. The predicted octanol–water partition coefficient (Wildman–Crippen LogP) is 10.1. The van der Waals surface area contributed by atoms with Crippen molar-refractivity contribution < 1.29 is 50.1 Å². The molecule has 57 heavy (non-hydrogen) atoms. The molecule has 2 saturated carbocycles. The molecular formula is C41H48BrF7N4O4. The fourth-order valence-corrected chi connectivity index (χ4v) is 8.34. The molecule has 0 bridgehead atoms. The van der Waals surface area contributed by atoms with Crippen molar-refractivity contribution in [2.24, 2.45) is 22.7 Å². The van der Waals surface area contributed by atoms with Gasteiger partial charge in [-0.1, -0.05) is 18.9 Å². The number of aromatic carboxylic acids is 1. The van der Waals surface area contributed by atoms with E-state index in [1.165, 1.54) is 18.3 Å². The number of benzene rings is 1. The zero-order valence-electron chi connectivity index (χ0n) is 31.6. The Balaban J connectivity index is 0.000000203. The van der Waals surface area contributed by atoms with Crippen LogP contribution >= 0.6 is 15.9 Å². The van der Waals surface area contributed by atoms with Gasteiger partial charge in [0, 0.05) is 53.2 Å². The van der Waals surface area contributed by atoms with Gasteiger partial charge in [0.15, 0.2) is 0 Å². The Morgan fingerprint density at radius 3 is 1.56 bits per heavy atom. The molecule has 2 aromatic heterocycles. The van der Waals surface area contributed by atoms with Gasteiger partial charge in [-0.15, -0.1) is 0 Å². The van der Waals surface area contributed by atoms with Crippen LogP contribution in [0.2, 0.25) is 0 Å². The molecule has 4 heterocycles. The summed E-state index contributed by atoms with van der Waals surface area (Å²) in [7, 11) is 0. The molecule has 8 nitrogen and oxygen atoms in total. The van der Waals surface area contributed by atoms with Gasteiger partial charge in [-0.2, -0.15) is 26.3 Å². The number of carboxylic acids is 1. The summed E-state index contributed by atoms with van der Waals surface area (Å²) in [5.74, 6) is -0.246. The molecule has 2 aliphatic heterocycles. The number of likely N-dealkylation sites (tertiary alicyclic amines) is 2. The second kappa shape index (κ2) is 18.2. The Labute approximate surface area is 336 Å². The minimum Gasteiger partial charge on any atom is -0.478 e. The fourth-order valence-electron chi connectivity index (χ4n) is 8.11. The van der Waals surface area contributed by atoms with Gasteiger partial charge in [0.2, 0.25) is 11.8 Å². The van der Waals surface area contributed by atoms with Crippen molar-refractivity contribution in [3.8, 4) is 22.9 Å². The summed E-state index contributed by atoms with van der Waals surface area (Å²) >= 11 is 3.32. The van der Waals surface area contributed by atoms with E-state index in [1.807, 2.05) is 21.9 Å². The molecule has 1 aromatic carbocycles.